The number of hydrogen-bond acceptors (Lipinski definition) is 4. The molecule has 4 N–H and O–H groups in total. The second-order valence-electron chi connectivity index (χ2n) is 4.81. The molecule has 2 aromatic rings. The number of amides is 1. The monoisotopic (exact) mass is 286 g/mol. The lowest BCUT2D eigenvalue weighted by atomic mass is 9.99. The van der Waals surface area contributed by atoms with Crippen LogP contribution in [-0.4, -0.2) is 22.4 Å². The van der Waals surface area contributed by atoms with E-state index in [4.69, 9.17) is 0 Å². The number of aromatic nitrogens is 2. The maximum absolute atomic E-state index is 12.2. The smallest absolute Gasteiger partial charge is 0.322 e. The van der Waals surface area contributed by atoms with Gasteiger partial charge in [0.25, 0.3) is 11.5 Å². The fraction of sp³-hybridized carbons (Fsp3) is 0.214. The van der Waals surface area contributed by atoms with E-state index in [9.17, 15) is 14.4 Å². The highest BCUT2D eigenvalue weighted by Gasteiger charge is 2.16. The number of benzene rings is 1. The van der Waals surface area contributed by atoms with Crippen molar-refractivity contribution in [3.63, 3.8) is 0 Å². The normalized spacial score (nSPS) is 13.5. The van der Waals surface area contributed by atoms with Gasteiger partial charge in [-0.3, -0.25) is 14.6 Å². The van der Waals surface area contributed by atoms with Crippen LogP contribution in [0.15, 0.2) is 34.0 Å². The van der Waals surface area contributed by atoms with Crippen LogP contribution < -0.4 is 21.9 Å². The summed E-state index contributed by atoms with van der Waals surface area (Å²) >= 11 is 0. The van der Waals surface area contributed by atoms with Gasteiger partial charge in [-0.25, -0.2) is 4.79 Å². The number of nitrogens with one attached hydrogen (secondary N) is 4. The van der Waals surface area contributed by atoms with Crippen LogP contribution in [0, 0.1) is 0 Å². The molecule has 1 amide bonds. The van der Waals surface area contributed by atoms with Crippen LogP contribution in [-0.2, 0) is 13.0 Å². The lowest BCUT2D eigenvalue weighted by Gasteiger charge is -2.20. The number of H-pyrrole nitrogens is 2. The molecule has 1 aromatic heterocycles. The molecular weight excluding hydrogens is 272 g/mol. The molecule has 3 rings (SSSR count). The predicted octanol–water partition coefficient (Wildman–Crippen LogP) is -0.0388. The van der Waals surface area contributed by atoms with Crippen LogP contribution in [0.3, 0.4) is 0 Å². The fourth-order valence-corrected chi connectivity index (χ4v) is 2.42. The molecule has 7 heteroatoms. The molecule has 0 aliphatic carbocycles. The van der Waals surface area contributed by atoms with E-state index in [2.05, 4.69) is 15.6 Å². The minimum atomic E-state index is -0.706. The third-order valence-electron chi connectivity index (χ3n) is 3.45. The predicted molar refractivity (Wildman–Crippen MR) is 77.5 cm³/mol. The highest BCUT2D eigenvalue weighted by Crippen LogP contribution is 2.23. The van der Waals surface area contributed by atoms with Gasteiger partial charge in [0.1, 0.15) is 5.56 Å². The van der Waals surface area contributed by atoms with Crippen LogP contribution in [0.25, 0.3) is 0 Å². The van der Waals surface area contributed by atoms with Crippen molar-refractivity contribution < 1.29 is 4.79 Å². The van der Waals surface area contributed by atoms with Gasteiger partial charge in [-0.05, 0) is 30.2 Å². The van der Waals surface area contributed by atoms with Crippen molar-refractivity contribution in [2.75, 3.05) is 11.9 Å². The number of anilines is 1. The minimum Gasteiger partial charge on any atom is -0.322 e. The molecule has 0 unspecified atom stereocenters. The maximum atomic E-state index is 12.2. The van der Waals surface area contributed by atoms with Crippen molar-refractivity contribution >= 4 is 11.6 Å². The lowest BCUT2D eigenvalue weighted by molar-refractivity contribution is 0.102. The van der Waals surface area contributed by atoms with E-state index < -0.39 is 17.2 Å². The van der Waals surface area contributed by atoms with Crippen LogP contribution in [0.5, 0.6) is 0 Å². The van der Waals surface area contributed by atoms with Gasteiger partial charge in [0.05, 0.1) is 0 Å². The molecule has 21 heavy (non-hydrogen) atoms. The maximum Gasteiger partial charge on any atom is 0.325 e. The quantitative estimate of drug-likeness (QED) is 0.621. The third-order valence-corrected chi connectivity index (χ3v) is 3.45. The van der Waals surface area contributed by atoms with Gasteiger partial charge in [-0.2, -0.15) is 0 Å². The Kier molecular flexibility index (Phi) is 3.41. The Labute approximate surface area is 119 Å². The largest absolute Gasteiger partial charge is 0.325 e. The molecule has 0 saturated heterocycles. The summed E-state index contributed by atoms with van der Waals surface area (Å²) in [5, 5.41) is 6.00. The Morgan fingerprint density at radius 1 is 1.24 bits per heavy atom. The highest BCUT2D eigenvalue weighted by molar-refractivity contribution is 6.04. The van der Waals surface area contributed by atoms with Crippen molar-refractivity contribution in [1.82, 2.24) is 15.3 Å². The van der Waals surface area contributed by atoms with Crippen molar-refractivity contribution in [3.05, 3.63) is 61.9 Å². The Hall–Kier alpha value is -2.67. The van der Waals surface area contributed by atoms with Gasteiger partial charge < -0.3 is 15.6 Å². The van der Waals surface area contributed by atoms with Gasteiger partial charge in [0.15, 0.2) is 0 Å². The number of carbonyl (C=O) groups excluding carboxylic acids is 1. The molecule has 1 aromatic carbocycles. The molecule has 2 heterocycles. The number of hydrogen-bond donors (Lipinski definition) is 4. The zero-order valence-electron chi connectivity index (χ0n) is 11.2. The van der Waals surface area contributed by atoms with Crippen molar-refractivity contribution in [1.29, 1.82) is 0 Å². The average Bonchev–Trinajstić information content (AvgIpc) is 2.47. The molecule has 1 aliphatic heterocycles. The van der Waals surface area contributed by atoms with E-state index in [0.717, 1.165) is 36.8 Å². The average molecular weight is 286 g/mol. The first kappa shape index (κ1) is 13.3. The second-order valence-corrected chi connectivity index (χ2v) is 4.81. The zero-order valence-corrected chi connectivity index (χ0v) is 11.2. The lowest BCUT2D eigenvalue weighted by Crippen LogP contribution is -2.30. The number of aromatic amines is 2. The van der Waals surface area contributed by atoms with Crippen LogP contribution in [0.4, 0.5) is 5.69 Å². The first-order valence-electron chi connectivity index (χ1n) is 6.60. The summed E-state index contributed by atoms with van der Waals surface area (Å²) in [4.78, 5) is 39.1. The molecule has 1 aliphatic rings. The van der Waals surface area contributed by atoms with Gasteiger partial charge in [0.2, 0.25) is 0 Å². The van der Waals surface area contributed by atoms with E-state index >= 15 is 0 Å². The number of carbonyl (C=O) groups is 1. The van der Waals surface area contributed by atoms with Gasteiger partial charge >= 0.3 is 5.69 Å². The molecule has 0 radical (unpaired) electrons. The SMILES string of the molecule is O=C(Nc1cccc2c1CCNC2)c1c[nH]c(=O)[nH]c1=O. The third kappa shape index (κ3) is 2.63. The first-order valence-corrected chi connectivity index (χ1v) is 6.60. The molecule has 0 bridgehead atoms. The molecular formula is C14H14N4O3. The Morgan fingerprint density at radius 2 is 2.10 bits per heavy atom. The van der Waals surface area contributed by atoms with Crippen LogP contribution in [0.2, 0.25) is 0 Å². The topological polar surface area (TPSA) is 107 Å². The van der Waals surface area contributed by atoms with Crippen molar-refractivity contribution in [2.24, 2.45) is 0 Å². The summed E-state index contributed by atoms with van der Waals surface area (Å²) in [6, 6.07) is 5.67. The summed E-state index contributed by atoms with van der Waals surface area (Å²) < 4.78 is 0. The Morgan fingerprint density at radius 3 is 2.90 bits per heavy atom. The van der Waals surface area contributed by atoms with Gasteiger partial charge in [-0.1, -0.05) is 12.1 Å². The molecule has 0 saturated carbocycles. The summed E-state index contributed by atoms with van der Waals surface area (Å²) in [6.45, 7) is 1.61. The number of rotatable bonds is 2. The molecule has 0 fully saturated rings. The molecule has 0 atom stereocenters. The van der Waals surface area contributed by atoms with E-state index in [1.807, 2.05) is 23.2 Å². The number of fused-ring (bicyclic) bond motifs is 1. The summed E-state index contributed by atoms with van der Waals surface area (Å²) in [5.41, 5.74) is 1.44. The van der Waals surface area contributed by atoms with E-state index in [0.29, 0.717) is 5.69 Å². The minimum absolute atomic E-state index is 0.124. The molecule has 108 valence electrons. The Bertz CT molecular complexity index is 806. The zero-order chi connectivity index (χ0) is 14.8. The first-order chi connectivity index (χ1) is 10.1. The van der Waals surface area contributed by atoms with E-state index in [1.165, 1.54) is 0 Å². The fourth-order valence-electron chi connectivity index (χ4n) is 2.42. The van der Waals surface area contributed by atoms with Crippen LogP contribution in [0.1, 0.15) is 21.5 Å². The van der Waals surface area contributed by atoms with Crippen molar-refractivity contribution in [2.45, 2.75) is 13.0 Å². The van der Waals surface area contributed by atoms with Gasteiger partial charge in [0, 0.05) is 18.4 Å². The highest BCUT2D eigenvalue weighted by atomic mass is 16.2. The second kappa shape index (κ2) is 5.37. The van der Waals surface area contributed by atoms with Crippen LogP contribution >= 0.6 is 0 Å². The summed E-state index contributed by atoms with van der Waals surface area (Å²) in [6.07, 6.45) is 1.93. The van der Waals surface area contributed by atoms with Crippen molar-refractivity contribution in [3.8, 4) is 0 Å². The standard InChI is InChI=1S/C14H14N4O3/c19-12(10-7-16-14(21)18-13(10)20)17-11-3-1-2-8-6-15-5-4-9(8)11/h1-3,7,15H,4-6H2,(H,17,19)(H2,16,18,20,21). The summed E-state index contributed by atoms with van der Waals surface area (Å²) in [7, 11) is 0. The van der Waals surface area contributed by atoms with E-state index in [1.54, 1.807) is 0 Å². The summed E-state index contributed by atoms with van der Waals surface area (Å²) in [5.74, 6) is -0.542. The molecule has 7 nitrogen and oxygen atoms in total. The Balaban J connectivity index is 1.92. The van der Waals surface area contributed by atoms with Gasteiger partial charge in [-0.15, -0.1) is 0 Å². The molecule has 0 spiro atoms. The van der Waals surface area contributed by atoms with E-state index in [-0.39, 0.29) is 5.56 Å².